The van der Waals surface area contributed by atoms with Crippen LogP contribution in [0.3, 0.4) is 0 Å². The second kappa shape index (κ2) is 10.3. The molecule has 7 heteroatoms. The maximum Gasteiger partial charge on any atom is 0.153 e. The molecule has 0 aromatic heterocycles. The van der Waals surface area contributed by atoms with Crippen LogP contribution in [0.1, 0.15) is 19.8 Å². The van der Waals surface area contributed by atoms with Gasteiger partial charge in [0.1, 0.15) is 0 Å². The molecule has 2 saturated heterocycles. The van der Waals surface area contributed by atoms with E-state index in [1.807, 2.05) is 23.5 Å². The lowest BCUT2D eigenvalue weighted by Crippen LogP contribution is -2.35. The van der Waals surface area contributed by atoms with E-state index in [4.69, 9.17) is 10.7 Å². The molecule has 2 rings (SSSR count). The van der Waals surface area contributed by atoms with Gasteiger partial charge in [-0.2, -0.15) is 23.5 Å². The van der Waals surface area contributed by atoms with Crippen LogP contribution < -0.4 is 5.73 Å². The first-order chi connectivity index (χ1) is 11.3. The van der Waals surface area contributed by atoms with Gasteiger partial charge in [0.05, 0.1) is 18.1 Å². The summed E-state index contributed by atoms with van der Waals surface area (Å²) in [5.74, 6) is 5.48. The molecule has 2 N–H and O–H groups in total. The number of allylic oxidation sites excluding steroid dienone is 1. The van der Waals surface area contributed by atoms with Crippen LogP contribution in [0.2, 0.25) is 0 Å². The number of hydrogen-bond donors (Lipinski definition) is 1. The van der Waals surface area contributed by atoms with Crippen LogP contribution in [0, 0.1) is 0 Å². The number of thioether (sulfide) groups is 2. The van der Waals surface area contributed by atoms with Crippen molar-refractivity contribution in [2.45, 2.75) is 19.8 Å². The fourth-order valence-electron chi connectivity index (χ4n) is 2.72. The van der Waals surface area contributed by atoms with Gasteiger partial charge in [-0.25, -0.2) is 4.99 Å². The van der Waals surface area contributed by atoms with Gasteiger partial charge < -0.3 is 10.6 Å². The van der Waals surface area contributed by atoms with Crippen molar-refractivity contribution in [1.29, 1.82) is 0 Å². The van der Waals surface area contributed by atoms with E-state index in [-0.39, 0.29) is 0 Å². The van der Waals surface area contributed by atoms with Crippen LogP contribution in [0.5, 0.6) is 0 Å². The van der Waals surface area contributed by atoms with Gasteiger partial charge in [0.2, 0.25) is 0 Å². The standard InChI is InChI=1S/C16H29N5S2/c1-3-4-14(19-13-20-5-9-22-10-6-20)15(17)16(18-2)21-7-11-23-12-8-21/h2-13,17H2,1H3/b16-15-,19-14-. The summed E-state index contributed by atoms with van der Waals surface area (Å²) in [7, 11) is 0. The van der Waals surface area contributed by atoms with Gasteiger partial charge in [-0.15, -0.1) is 0 Å². The van der Waals surface area contributed by atoms with E-state index < -0.39 is 0 Å². The van der Waals surface area contributed by atoms with E-state index in [1.54, 1.807) is 0 Å². The molecule has 0 bridgehead atoms. The average molecular weight is 356 g/mol. The Morgan fingerprint density at radius 2 is 1.70 bits per heavy atom. The molecule has 0 aromatic carbocycles. The van der Waals surface area contributed by atoms with E-state index in [0.717, 1.165) is 74.4 Å². The molecule has 2 heterocycles. The van der Waals surface area contributed by atoms with Crippen molar-refractivity contribution in [2.75, 3.05) is 55.9 Å². The van der Waals surface area contributed by atoms with E-state index in [2.05, 4.69) is 28.4 Å². The molecular formula is C16H29N5S2. The van der Waals surface area contributed by atoms with Gasteiger partial charge in [0.25, 0.3) is 0 Å². The molecular weight excluding hydrogens is 326 g/mol. The number of nitrogens with zero attached hydrogens (tertiary/aromatic N) is 4. The van der Waals surface area contributed by atoms with Crippen molar-refractivity contribution >= 4 is 36.0 Å². The normalized spacial score (nSPS) is 22.0. The Morgan fingerprint density at radius 1 is 1.09 bits per heavy atom. The SMILES string of the molecule is C=N/C(=C(N)\C(CCC)=N/CN1CCSCC1)N1CCSCC1. The predicted octanol–water partition coefficient (Wildman–Crippen LogP) is 2.11. The largest absolute Gasteiger partial charge is 0.394 e. The number of hydrogen-bond acceptors (Lipinski definition) is 7. The molecule has 130 valence electrons. The molecule has 5 nitrogen and oxygen atoms in total. The quantitative estimate of drug-likeness (QED) is 0.709. The lowest BCUT2D eigenvalue weighted by molar-refractivity contribution is 0.313. The van der Waals surface area contributed by atoms with Crippen LogP contribution in [0.4, 0.5) is 0 Å². The van der Waals surface area contributed by atoms with Crippen LogP contribution >= 0.6 is 23.5 Å². The molecule has 2 fully saturated rings. The zero-order valence-electron chi connectivity index (χ0n) is 14.2. The Balaban J connectivity index is 2.11. The molecule has 23 heavy (non-hydrogen) atoms. The highest BCUT2D eigenvalue weighted by Gasteiger charge is 2.18. The van der Waals surface area contributed by atoms with E-state index >= 15 is 0 Å². The maximum atomic E-state index is 6.45. The molecule has 0 spiro atoms. The van der Waals surface area contributed by atoms with Gasteiger partial charge in [-0.05, 0) is 13.1 Å². The van der Waals surface area contributed by atoms with Crippen LogP contribution in [-0.2, 0) is 0 Å². The molecule has 2 aliphatic heterocycles. The number of aliphatic imine (C=N–C) groups is 2. The van der Waals surface area contributed by atoms with Gasteiger partial charge in [-0.1, -0.05) is 13.3 Å². The molecule has 0 atom stereocenters. The van der Waals surface area contributed by atoms with Gasteiger partial charge in [0, 0.05) is 49.2 Å². The topological polar surface area (TPSA) is 57.2 Å². The Labute approximate surface area is 148 Å². The fraction of sp³-hybridized carbons (Fsp3) is 0.750. The van der Waals surface area contributed by atoms with Crippen molar-refractivity contribution in [2.24, 2.45) is 15.7 Å². The molecule has 2 aliphatic rings. The molecule has 0 saturated carbocycles. The number of rotatable bonds is 7. The Kier molecular flexibility index (Phi) is 8.33. The van der Waals surface area contributed by atoms with Crippen molar-refractivity contribution < 1.29 is 0 Å². The first-order valence-electron chi connectivity index (χ1n) is 8.39. The summed E-state index contributed by atoms with van der Waals surface area (Å²) in [6.07, 6.45) is 1.94. The summed E-state index contributed by atoms with van der Waals surface area (Å²) in [6.45, 7) is 10.9. The van der Waals surface area contributed by atoms with Crippen LogP contribution in [0.15, 0.2) is 21.5 Å². The summed E-state index contributed by atoms with van der Waals surface area (Å²) in [5.41, 5.74) is 8.16. The molecule has 0 unspecified atom stereocenters. The van der Waals surface area contributed by atoms with E-state index in [1.165, 1.54) is 11.5 Å². The minimum atomic E-state index is 0.722. The predicted molar refractivity (Wildman–Crippen MR) is 106 cm³/mol. The third kappa shape index (κ3) is 5.72. The minimum Gasteiger partial charge on any atom is -0.394 e. The van der Waals surface area contributed by atoms with Gasteiger partial charge >= 0.3 is 0 Å². The Morgan fingerprint density at radius 3 is 2.26 bits per heavy atom. The average Bonchev–Trinajstić information content (AvgIpc) is 2.61. The van der Waals surface area contributed by atoms with Crippen molar-refractivity contribution in [1.82, 2.24) is 9.80 Å². The monoisotopic (exact) mass is 355 g/mol. The minimum absolute atomic E-state index is 0.722. The third-order valence-corrected chi connectivity index (χ3v) is 5.95. The lowest BCUT2D eigenvalue weighted by Gasteiger charge is -2.29. The summed E-state index contributed by atoms with van der Waals surface area (Å²) >= 11 is 4.00. The highest BCUT2D eigenvalue weighted by molar-refractivity contribution is 7.99. The molecule has 0 radical (unpaired) electrons. The second-order valence-electron chi connectivity index (χ2n) is 5.72. The first-order valence-corrected chi connectivity index (χ1v) is 10.7. The molecule has 0 aliphatic carbocycles. The van der Waals surface area contributed by atoms with Crippen molar-refractivity contribution in [3.05, 3.63) is 11.5 Å². The Bertz CT molecular complexity index is 438. The van der Waals surface area contributed by atoms with Crippen LogP contribution in [0.25, 0.3) is 0 Å². The van der Waals surface area contributed by atoms with E-state index in [9.17, 15) is 0 Å². The highest BCUT2D eigenvalue weighted by atomic mass is 32.2. The summed E-state index contributed by atoms with van der Waals surface area (Å²) < 4.78 is 0. The third-order valence-electron chi connectivity index (χ3n) is 4.06. The molecule has 0 aromatic rings. The second-order valence-corrected chi connectivity index (χ2v) is 8.17. The first kappa shape index (κ1) is 18.7. The number of nitrogens with two attached hydrogens (primary N) is 1. The van der Waals surface area contributed by atoms with E-state index in [0.29, 0.717) is 0 Å². The van der Waals surface area contributed by atoms with Gasteiger partial charge in [-0.3, -0.25) is 9.89 Å². The smallest absolute Gasteiger partial charge is 0.153 e. The Hall–Kier alpha value is -0.660. The highest BCUT2D eigenvalue weighted by Crippen LogP contribution is 2.18. The van der Waals surface area contributed by atoms with Crippen LogP contribution in [-0.4, -0.2) is 78.1 Å². The molecule has 0 amide bonds. The summed E-state index contributed by atoms with van der Waals surface area (Å²) in [5, 5.41) is 0. The lowest BCUT2D eigenvalue weighted by atomic mass is 10.1. The van der Waals surface area contributed by atoms with Crippen molar-refractivity contribution in [3.8, 4) is 0 Å². The maximum absolute atomic E-state index is 6.45. The zero-order valence-corrected chi connectivity index (χ0v) is 15.8. The summed E-state index contributed by atoms with van der Waals surface area (Å²) in [6, 6.07) is 0. The summed E-state index contributed by atoms with van der Waals surface area (Å²) in [4.78, 5) is 13.7. The van der Waals surface area contributed by atoms with Crippen molar-refractivity contribution in [3.63, 3.8) is 0 Å². The fourth-order valence-corrected chi connectivity index (χ4v) is 4.61. The zero-order chi connectivity index (χ0) is 16.5. The van der Waals surface area contributed by atoms with Gasteiger partial charge in [0.15, 0.2) is 5.82 Å².